The first-order valence-corrected chi connectivity index (χ1v) is 5.11. The van der Waals surface area contributed by atoms with E-state index in [4.69, 9.17) is 4.74 Å². The van der Waals surface area contributed by atoms with Crippen molar-refractivity contribution in [1.29, 1.82) is 0 Å². The number of ether oxygens (including phenoxy) is 1. The Morgan fingerprint density at radius 3 is 2.56 bits per heavy atom. The standard InChI is InChI=1S/C13H17NO2/c1-10(2)13(15)16-12-8-6-5-7-11(12)9-14(3)4/h5-8H,1,9H2,2-4H3. The lowest BCUT2D eigenvalue weighted by Crippen LogP contribution is -2.14. The molecule has 1 aromatic carbocycles. The number of nitrogens with zero attached hydrogens (tertiary/aromatic N) is 1. The van der Waals surface area contributed by atoms with Gasteiger partial charge in [-0.2, -0.15) is 0 Å². The highest BCUT2D eigenvalue weighted by Crippen LogP contribution is 2.19. The Morgan fingerprint density at radius 2 is 2.00 bits per heavy atom. The van der Waals surface area contributed by atoms with Crippen molar-refractivity contribution < 1.29 is 9.53 Å². The van der Waals surface area contributed by atoms with Crippen LogP contribution in [0.15, 0.2) is 36.4 Å². The SMILES string of the molecule is C=C(C)C(=O)Oc1ccccc1CN(C)C. The molecule has 0 atom stereocenters. The number of benzene rings is 1. The number of para-hydroxylation sites is 1. The maximum absolute atomic E-state index is 11.4. The third-order valence-electron chi connectivity index (χ3n) is 2.01. The van der Waals surface area contributed by atoms with Gasteiger partial charge in [-0.3, -0.25) is 0 Å². The monoisotopic (exact) mass is 219 g/mol. The minimum absolute atomic E-state index is 0.383. The molecule has 16 heavy (non-hydrogen) atoms. The molecule has 0 unspecified atom stereocenters. The first-order chi connectivity index (χ1) is 7.50. The van der Waals surface area contributed by atoms with Gasteiger partial charge in [-0.25, -0.2) is 4.79 Å². The fourth-order valence-electron chi connectivity index (χ4n) is 1.26. The highest BCUT2D eigenvalue weighted by atomic mass is 16.5. The molecule has 0 saturated carbocycles. The van der Waals surface area contributed by atoms with E-state index >= 15 is 0 Å². The van der Waals surface area contributed by atoms with Crippen molar-refractivity contribution in [3.8, 4) is 5.75 Å². The molecule has 0 spiro atoms. The zero-order valence-electron chi connectivity index (χ0n) is 9.99. The third-order valence-corrected chi connectivity index (χ3v) is 2.01. The summed E-state index contributed by atoms with van der Waals surface area (Å²) in [5, 5.41) is 0. The molecule has 3 nitrogen and oxygen atoms in total. The smallest absolute Gasteiger partial charge is 0.338 e. The second-order valence-corrected chi connectivity index (χ2v) is 4.02. The van der Waals surface area contributed by atoms with Gasteiger partial charge >= 0.3 is 5.97 Å². The molecule has 1 aromatic rings. The van der Waals surface area contributed by atoms with Gasteiger partial charge in [-0.05, 0) is 27.1 Å². The quantitative estimate of drug-likeness (QED) is 0.442. The Balaban J connectivity index is 2.86. The van der Waals surface area contributed by atoms with Gasteiger partial charge in [0.15, 0.2) is 0 Å². The maximum Gasteiger partial charge on any atom is 0.338 e. The number of hydrogen-bond donors (Lipinski definition) is 0. The summed E-state index contributed by atoms with van der Waals surface area (Å²) >= 11 is 0. The average Bonchev–Trinajstić information content (AvgIpc) is 2.20. The molecular weight excluding hydrogens is 202 g/mol. The Kier molecular flexibility index (Phi) is 4.26. The topological polar surface area (TPSA) is 29.5 Å². The average molecular weight is 219 g/mol. The first-order valence-electron chi connectivity index (χ1n) is 5.11. The first kappa shape index (κ1) is 12.5. The van der Waals surface area contributed by atoms with Gasteiger partial charge in [0, 0.05) is 17.7 Å². The minimum Gasteiger partial charge on any atom is -0.423 e. The normalized spacial score (nSPS) is 10.2. The number of rotatable bonds is 4. The van der Waals surface area contributed by atoms with Crippen LogP contribution in [0, 0.1) is 0 Å². The van der Waals surface area contributed by atoms with E-state index in [1.54, 1.807) is 13.0 Å². The molecule has 86 valence electrons. The van der Waals surface area contributed by atoms with Crippen molar-refractivity contribution in [1.82, 2.24) is 4.90 Å². The molecular formula is C13H17NO2. The van der Waals surface area contributed by atoms with Crippen molar-refractivity contribution in [3.05, 3.63) is 42.0 Å². The van der Waals surface area contributed by atoms with Crippen LogP contribution in [-0.4, -0.2) is 25.0 Å². The van der Waals surface area contributed by atoms with Crippen molar-refractivity contribution in [2.75, 3.05) is 14.1 Å². The summed E-state index contributed by atoms with van der Waals surface area (Å²) in [6, 6.07) is 7.51. The zero-order valence-corrected chi connectivity index (χ0v) is 9.99. The lowest BCUT2D eigenvalue weighted by Gasteiger charge is -2.13. The van der Waals surface area contributed by atoms with Crippen LogP contribution in [0.3, 0.4) is 0 Å². The van der Waals surface area contributed by atoms with E-state index < -0.39 is 0 Å². The summed E-state index contributed by atoms with van der Waals surface area (Å²) in [6.07, 6.45) is 0. The third kappa shape index (κ3) is 3.51. The van der Waals surface area contributed by atoms with Crippen LogP contribution in [0.1, 0.15) is 12.5 Å². The summed E-state index contributed by atoms with van der Waals surface area (Å²) in [5.74, 6) is 0.218. The van der Waals surface area contributed by atoms with Crippen LogP contribution in [0.25, 0.3) is 0 Å². The fourth-order valence-corrected chi connectivity index (χ4v) is 1.26. The Hall–Kier alpha value is -1.61. The lowest BCUT2D eigenvalue weighted by molar-refractivity contribution is -0.130. The lowest BCUT2D eigenvalue weighted by atomic mass is 10.2. The van der Waals surface area contributed by atoms with Gasteiger partial charge in [-0.1, -0.05) is 24.8 Å². The van der Waals surface area contributed by atoms with Crippen molar-refractivity contribution in [2.24, 2.45) is 0 Å². The Bertz CT molecular complexity index is 397. The van der Waals surface area contributed by atoms with E-state index in [2.05, 4.69) is 6.58 Å². The van der Waals surface area contributed by atoms with Gasteiger partial charge in [0.2, 0.25) is 0 Å². The zero-order chi connectivity index (χ0) is 12.1. The fraction of sp³-hybridized carbons (Fsp3) is 0.308. The molecule has 0 aromatic heterocycles. The van der Waals surface area contributed by atoms with Gasteiger partial charge < -0.3 is 9.64 Å². The molecule has 1 rings (SSSR count). The van der Waals surface area contributed by atoms with Gasteiger partial charge in [-0.15, -0.1) is 0 Å². The predicted molar refractivity (Wildman–Crippen MR) is 64.3 cm³/mol. The van der Waals surface area contributed by atoms with E-state index in [0.717, 1.165) is 12.1 Å². The number of hydrogen-bond acceptors (Lipinski definition) is 3. The second-order valence-electron chi connectivity index (χ2n) is 4.02. The number of carbonyl (C=O) groups is 1. The van der Waals surface area contributed by atoms with Crippen LogP contribution in [0.4, 0.5) is 0 Å². The molecule has 0 heterocycles. The Labute approximate surface area is 96.3 Å². The van der Waals surface area contributed by atoms with Gasteiger partial charge in [0.25, 0.3) is 0 Å². The van der Waals surface area contributed by atoms with Crippen LogP contribution >= 0.6 is 0 Å². The number of esters is 1. The predicted octanol–water partition coefficient (Wildman–Crippen LogP) is 2.23. The molecule has 0 aliphatic carbocycles. The van der Waals surface area contributed by atoms with E-state index in [0.29, 0.717) is 11.3 Å². The van der Waals surface area contributed by atoms with Crippen molar-refractivity contribution >= 4 is 5.97 Å². The van der Waals surface area contributed by atoms with E-state index in [1.807, 2.05) is 37.2 Å². The molecule has 0 saturated heterocycles. The largest absolute Gasteiger partial charge is 0.423 e. The Morgan fingerprint density at radius 1 is 1.38 bits per heavy atom. The molecule has 0 amide bonds. The van der Waals surface area contributed by atoms with Crippen LogP contribution in [0.2, 0.25) is 0 Å². The van der Waals surface area contributed by atoms with Crippen molar-refractivity contribution in [3.63, 3.8) is 0 Å². The summed E-state index contributed by atoms with van der Waals surface area (Å²) in [7, 11) is 3.94. The van der Waals surface area contributed by atoms with Crippen LogP contribution < -0.4 is 4.74 Å². The molecule has 0 radical (unpaired) electrons. The summed E-state index contributed by atoms with van der Waals surface area (Å²) < 4.78 is 5.24. The second kappa shape index (κ2) is 5.47. The molecule has 3 heteroatoms. The van der Waals surface area contributed by atoms with Gasteiger partial charge in [0.1, 0.15) is 5.75 Å². The van der Waals surface area contributed by atoms with E-state index in [1.165, 1.54) is 0 Å². The van der Waals surface area contributed by atoms with Crippen LogP contribution in [-0.2, 0) is 11.3 Å². The van der Waals surface area contributed by atoms with Crippen LogP contribution in [0.5, 0.6) is 5.75 Å². The highest BCUT2D eigenvalue weighted by Gasteiger charge is 2.09. The highest BCUT2D eigenvalue weighted by molar-refractivity contribution is 5.88. The summed E-state index contributed by atoms with van der Waals surface area (Å²) in [4.78, 5) is 13.4. The number of carbonyl (C=O) groups excluding carboxylic acids is 1. The molecule has 0 N–H and O–H groups in total. The molecule has 0 fully saturated rings. The molecule has 0 aliphatic rings. The molecule has 0 bridgehead atoms. The maximum atomic E-state index is 11.4. The summed E-state index contributed by atoms with van der Waals surface area (Å²) in [6.45, 7) is 5.93. The molecule has 0 aliphatic heterocycles. The van der Waals surface area contributed by atoms with E-state index in [9.17, 15) is 4.79 Å². The summed E-state index contributed by atoms with van der Waals surface area (Å²) in [5.41, 5.74) is 1.39. The van der Waals surface area contributed by atoms with Gasteiger partial charge in [0.05, 0.1) is 0 Å². The minimum atomic E-state index is -0.383. The van der Waals surface area contributed by atoms with E-state index in [-0.39, 0.29) is 5.97 Å². The van der Waals surface area contributed by atoms with Crippen molar-refractivity contribution in [2.45, 2.75) is 13.5 Å².